The van der Waals surface area contributed by atoms with Crippen LogP contribution in [0.2, 0.25) is 5.02 Å². The van der Waals surface area contributed by atoms with Crippen LogP contribution in [0.25, 0.3) is 11.0 Å². The zero-order chi connectivity index (χ0) is 13.8. The number of benzene rings is 1. The number of nitrogens with zero attached hydrogens (tertiary/aromatic N) is 2. The van der Waals surface area contributed by atoms with Crippen molar-refractivity contribution in [3.05, 3.63) is 29.0 Å². The van der Waals surface area contributed by atoms with Crippen molar-refractivity contribution in [2.45, 2.75) is 19.4 Å². The number of ether oxygens (including phenoxy) is 1. The first-order chi connectivity index (χ1) is 9.13. The summed E-state index contributed by atoms with van der Waals surface area (Å²) < 4.78 is 7.01. The summed E-state index contributed by atoms with van der Waals surface area (Å²) in [6, 6.07) is 5.50. The molecule has 0 fully saturated rings. The smallest absolute Gasteiger partial charge is 0.303 e. The molecule has 0 aliphatic heterocycles. The molecule has 5 nitrogen and oxygen atoms in total. The molecular weight excluding hydrogens is 268 g/mol. The molecule has 0 saturated heterocycles. The van der Waals surface area contributed by atoms with Crippen LogP contribution in [0, 0.1) is 0 Å². The van der Waals surface area contributed by atoms with Crippen LogP contribution in [-0.4, -0.2) is 34.3 Å². The minimum atomic E-state index is -0.837. The molecule has 102 valence electrons. The number of fused-ring (bicyclic) bond motifs is 1. The molecule has 0 unspecified atom stereocenters. The third-order valence-corrected chi connectivity index (χ3v) is 3.18. The molecule has 1 N–H and O–H groups in total. The number of halogens is 1. The fourth-order valence-electron chi connectivity index (χ4n) is 2.02. The highest BCUT2D eigenvalue weighted by Gasteiger charge is 2.14. The summed E-state index contributed by atoms with van der Waals surface area (Å²) in [7, 11) is 1.62. The average molecular weight is 283 g/mol. The first-order valence-corrected chi connectivity index (χ1v) is 6.35. The van der Waals surface area contributed by atoms with Crippen molar-refractivity contribution in [2.75, 3.05) is 13.7 Å². The van der Waals surface area contributed by atoms with Gasteiger partial charge in [-0.3, -0.25) is 4.79 Å². The first-order valence-electron chi connectivity index (χ1n) is 5.98. The van der Waals surface area contributed by atoms with Gasteiger partial charge in [0.05, 0.1) is 29.1 Å². The average Bonchev–Trinajstić information content (AvgIpc) is 2.73. The minimum absolute atomic E-state index is 0.0495. The lowest BCUT2D eigenvalue weighted by atomic mass is 10.3. The van der Waals surface area contributed by atoms with E-state index in [4.69, 9.17) is 21.4 Å². The Morgan fingerprint density at radius 3 is 3.00 bits per heavy atom. The van der Waals surface area contributed by atoms with Gasteiger partial charge in [0.25, 0.3) is 0 Å². The van der Waals surface area contributed by atoms with Gasteiger partial charge in [-0.2, -0.15) is 0 Å². The zero-order valence-corrected chi connectivity index (χ0v) is 11.4. The summed E-state index contributed by atoms with van der Waals surface area (Å²) >= 11 is 6.20. The quantitative estimate of drug-likeness (QED) is 0.883. The molecular formula is C13H15ClN2O3. The fraction of sp³-hybridized carbons (Fsp3) is 0.385. The Kier molecular flexibility index (Phi) is 4.39. The van der Waals surface area contributed by atoms with E-state index in [0.717, 1.165) is 16.9 Å². The van der Waals surface area contributed by atoms with E-state index in [-0.39, 0.29) is 6.42 Å². The molecule has 0 bridgehead atoms. The van der Waals surface area contributed by atoms with Crippen LogP contribution in [-0.2, 0) is 22.5 Å². The SMILES string of the molecule is COCCn1c(CCC(=O)O)nc2cccc(Cl)c21. The molecule has 0 amide bonds. The molecule has 2 rings (SSSR count). The van der Waals surface area contributed by atoms with Gasteiger partial charge in [-0.25, -0.2) is 4.98 Å². The van der Waals surface area contributed by atoms with Crippen molar-refractivity contribution < 1.29 is 14.6 Å². The highest BCUT2D eigenvalue weighted by atomic mass is 35.5. The Hall–Kier alpha value is -1.59. The van der Waals surface area contributed by atoms with E-state index in [1.807, 2.05) is 16.7 Å². The molecule has 6 heteroatoms. The number of hydrogen-bond acceptors (Lipinski definition) is 3. The predicted octanol–water partition coefficient (Wildman–Crippen LogP) is 2.35. The largest absolute Gasteiger partial charge is 0.481 e. The Bertz CT molecular complexity index is 595. The van der Waals surface area contributed by atoms with Crippen LogP contribution >= 0.6 is 11.6 Å². The van der Waals surface area contributed by atoms with E-state index in [0.29, 0.717) is 24.6 Å². The monoisotopic (exact) mass is 282 g/mol. The molecule has 0 aliphatic carbocycles. The van der Waals surface area contributed by atoms with Crippen molar-refractivity contribution in [3.63, 3.8) is 0 Å². The van der Waals surface area contributed by atoms with Gasteiger partial charge in [0.1, 0.15) is 5.82 Å². The third-order valence-electron chi connectivity index (χ3n) is 2.88. The van der Waals surface area contributed by atoms with Gasteiger partial charge < -0.3 is 14.4 Å². The lowest BCUT2D eigenvalue weighted by Gasteiger charge is -2.08. The number of aryl methyl sites for hydroxylation is 1. The number of para-hydroxylation sites is 1. The number of aromatic nitrogens is 2. The van der Waals surface area contributed by atoms with Crippen LogP contribution in [0.5, 0.6) is 0 Å². The summed E-state index contributed by atoms with van der Waals surface area (Å²) in [5.41, 5.74) is 1.62. The van der Waals surface area contributed by atoms with E-state index >= 15 is 0 Å². The van der Waals surface area contributed by atoms with E-state index in [2.05, 4.69) is 4.98 Å². The van der Waals surface area contributed by atoms with Gasteiger partial charge in [0, 0.05) is 20.1 Å². The molecule has 1 aromatic carbocycles. The number of rotatable bonds is 6. The van der Waals surface area contributed by atoms with Crippen molar-refractivity contribution in [1.82, 2.24) is 9.55 Å². The summed E-state index contributed by atoms with van der Waals surface area (Å²) in [5, 5.41) is 9.40. The van der Waals surface area contributed by atoms with Crippen LogP contribution < -0.4 is 0 Å². The molecule has 0 saturated carbocycles. The highest BCUT2D eigenvalue weighted by Crippen LogP contribution is 2.25. The third kappa shape index (κ3) is 3.05. The van der Waals surface area contributed by atoms with E-state index in [9.17, 15) is 4.79 Å². The second kappa shape index (κ2) is 6.04. The van der Waals surface area contributed by atoms with E-state index < -0.39 is 5.97 Å². The zero-order valence-electron chi connectivity index (χ0n) is 10.6. The van der Waals surface area contributed by atoms with E-state index in [1.165, 1.54) is 0 Å². The Morgan fingerprint density at radius 2 is 2.32 bits per heavy atom. The molecule has 0 atom stereocenters. The molecule has 0 spiro atoms. The number of aliphatic carboxylic acids is 1. The topological polar surface area (TPSA) is 64.3 Å². The van der Waals surface area contributed by atoms with Crippen molar-refractivity contribution in [1.29, 1.82) is 0 Å². The van der Waals surface area contributed by atoms with Crippen molar-refractivity contribution in [3.8, 4) is 0 Å². The molecule has 19 heavy (non-hydrogen) atoms. The highest BCUT2D eigenvalue weighted by molar-refractivity contribution is 6.35. The van der Waals surface area contributed by atoms with Crippen molar-refractivity contribution >= 4 is 28.6 Å². The van der Waals surface area contributed by atoms with Gasteiger partial charge in [0.2, 0.25) is 0 Å². The summed E-state index contributed by atoms with van der Waals surface area (Å²) in [6.45, 7) is 1.13. The van der Waals surface area contributed by atoms with Crippen LogP contribution in [0.1, 0.15) is 12.2 Å². The minimum Gasteiger partial charge on any atom is -0.481 e. The molecule has 0 radical (unpaired) electrons. The van der Waals surface area contributed by atoms with Gasteiger partial charge in [-0.15, -0.1) is 0 Å². The molecule has 0 aliphatic rings. The number of carbonyl (C=O) groups is 1. The molecule has 1 heterocycles. The van der Waals surface area contributed by atoms with Gasteiger partial charge in [0.15, 0.2) is 0 Å². The van der Waals surface area contributed by atoms with Gasteiger partial charge >= 0.3 is 5.97 Å². The number of methoxy groups -OCH3 is 1. The standard InChI is InChI=1S/C13H15ClN2O3/c1-19-8-7-16-11(5-6-12(17)18)15-10-4-2-3-9(14)13(10)16/h2-4H,5-8H2,1H3,(H,17,18). The molecule has 1 aromatic heterocycles. The van der Waals surface area contributed by atoms with Crippen LogP contribution in [0.3, 0.4) is 0 Å². The maximum atomic E-state index is 10.7. The Balaban J connectivity index is 2.42. The fourth-order valence-corrected chi connectivity index (χ4v) is 2.29. The Morgan fingerprint density at radius 1 is 1.53 bits per heavy atom. The predicted molar refractivity (Wildman–Crippen MR) is 72.6 cm³/mol. The van der Waals surface area contributed by atoms with Gasteiger partial charge in [-0.05, 0) is 12.1 Å². The number of carboxylic acid groups (broad SMARTS) is 1. The summed E-state index contributed by atoms with van der Waals surface area (Å²) in [6.07, 6.45) is 0.429. The molecule has 2 aromatic rings. The number of carboxylic acids is 1. The summed E-state index contributed by atoms with van der Waals surface area (Å²) in [5.74, 6) is -0.112. The van der Waals surface area contributed by atoms with Gasteiger partial charge in [-0.1, -0.05) is 17.7 Å². The second-order valence-corrected chi connectivity index (χ2v) is 4.58. The van der Waals surface area contributed by atoms with Crippen molar-refractivity contribution in [2.24, 2.45) is 0 Å². The first kappa shape index (κ1) is 13.8. The number of imidazole rings is 1. The normalized spacial score (nSPS) is 11.1. The lowest BCUT2D eigenvalue weighted by molar-refractivity contribution is -0.137. The second-order valence-electron chi connectivity index (χ2n) is 4.17. The van der Waals surface area contributed by atoms with E-state index in [1.54, 1.807) is 13.2 Å². The lowest BCUT2D eigenvalue weighted by Crippen LogP contribution is -2.10. The maximum Gasteiger partial charge on any atom is 0.303 e. The van der Waals surface area contributed by atoms with Crippen LogP contribution in [0.4, 0.5) is 0 Å². The Labute approximate surface area is 115 Å². The maximum absolute atomic E-state index is 10.7. The van der Waals surface area contributed by atoms with Crippen LogP contribution in [0.15, 0.2) is 18.2 Å². The summed E-state index contributed by atoms with van der Waals surface area (Å²) in [4.78, 5) is 15.2. The number of hydrogen-bond donors (Lipinski definition) is 1.